The number of hydrogen-bond acceptors (Lipinski definition) is 7. The minimum Gasteiger partial charge on any atom is -0.383 e. The molecule has 26 heavy (non-hydrogen) atoms. The minimum atomic E-state index is 0.127. The summed E-state index contributed by atoms with van der Waals surface area (Å²) in [5.41, 5.74) is 2.11. The van der Waals surface area contributed by atoms with Crippen molar-refractivity contribution >= 4 is 11.7 Å². The minimum absolute atomic E-state index is 0.127. The van der Waals surface area contributed by atoms with Crippen LogP contribution in [0, 0.1) is 6.92 Å². The molecule has 0 radical (unpaired) electrons. The molecule has 2 aromatic heterocycles. The summed E-state index contributed by atoms with van der Waals surface area (Å²) in [5.74, 6) is 2.42. The highest BCUT2D eigenvalue weighted by atomic mass is 16.5. The first-order valence-corrected chi connectivity index (χ1v) is 8.88. The van der Waals surface area contributed by atoms with Crippen molar-refractivity contribution < 1.29 is 9.53 Å². The lowest BCUT2D eigenvalue weighted by Crippen LogP contribution is -2.33. The monoisotopic (exact) mass is 359 g/mol. The molecule has 3 heterocycles. The molecule has 2 aromatic rings. The molecule has 1 amide bonds. The first-order valence-electron chi connectivity index (χ1n) is 8.88. The molecule has 0 spiro atoms. The molecular weight excluding hydrogens is 334 g/mol. The number of fused-ring (bicyclic) bond motifs is 1. The summed E-state index contributed by atoms with van der Waals surface area (Å²) < 4.78 is 5.07. The second-order valence-corrected chi connectivity index (χ2v) is 6.28. The number of aromatic nitrogens is 5. The fourth-order valence-electron chi connectivity index (χ4n) is 3.08. The number of amides is 1. The van der Waals surface area contributed by atoms with Crippen LogP contribution < -0.4 is 5.32 Å². The number of rotatable bonds is 7. The van der Waals surface area contributed by atoms with Gasteiger partial charge in [-0.3, -0.25) is 9.89 Å². The largest absolute Gasteiger partial charge is 0.383 e. The van der Waals surface area contributed by atoms with Gasteiger partial charge in [0.25, 0.3) is 0 Å². The van der Waals surface area contributed by atoms with E-state index in [0.717, 1.165) is 35.7 Å². The summed E-state index contributed by atoms with van der Waals surface area (Å²) in [7, 11) is 1.67. The van der Waals surface area contributed by atoms with Gasteiger partial charge in [0, 0.05) is 51.6 Å². The SMILES string of the molecule is COCCNc1ncnc2c1CCN(C(=O)CCc1n[nH]c(C)n1)CC2. The van der Waals surface area contributed by atoms with Crippen LogP contribution >= 0.6 is 0 Å². The number of carbonyl (C=O) groups excluding carboxylic acids is 1. The molecule has 0 aromatic carbocycles. The maximum absolute atomic E-state index is 12.6. The summed E-state index contributed by atoms with van der Waals surface area (Å²) in [6.07, 6.45) is 4.03. The first kappa shape index (κ1) is 18.2. The van der Waals surface area contributed by atoms with E-state index in [9.17, 15) is 4.79 Å². The van der Waals surface area contributed by atoms with Crippen molar-refractivity contribution in [3.63, 3.8) is 0 Å². The molecule has 0 bridgehead atoms. The van der Waals surface area contributed by atoms with Gasteiger partial charge in [0.2, 0.25) is 5.91 Å². The van der Waals surface area contributed by atoms with Crippen molar-refractivity contribution in [1.82, 2.24) is 30.0 Å². The van der Waals surface area contributed by atoms with E-state index in [0.29, 0.717) is 44.9 Å². The number of methoxy groups -OCH3 is 1. The molecule has 0 saturated carbocycles. The molecule has 2 N–H and O–H groups in total. The zero-order chi connectivity index (χ0) is 18.4. The fraction of sp³-hybridized carbons (Fsp3) is 0.588. The van der Waals surface area contributed by atoms with E-state index in [1.807, 2.05) is 11.8 Å². The van der Waals surface area contributed by atoms with Crippen molar-refractivity contribution in [2.75, 3.05) is 38.7 Å². The van der Waals surface area contributed by atoms with Crippen molar-refractivity contribution in [3.8, 4) is 0 Å². The van der Waals surface area contributed by atoms with Gasteiger partial charge >= 0.3 is 0 Å². The van der Waals surface area contributed by atoms with E-state index in [-0.39, 0.29) is 5.91 Å². The Kier molecular flexibility index (Phi) is 6.11. The van der Waals surface area contributed by atoms with Gasteiger partial charge in [0.15, 0.2) is 5.82 Å². The standard InChI is InChI=1S/C17H25N7O2/c1-12-21-15(23-22-12)3-4-16(25)24-8-5-13-14(6-9-24)19-11-20-17(13)18-7-10-26-2/h11H,3-10H2,1-2H3,(H,18,19,20)(H,21,22,23). The van der Waals surface area contributed by atoms with Gasteiger partial charge in [-0.15, -0.1) is 0 Å². The van der Waals surface area contributed by atoms with Crippen LogP contribution in [-0.2, 0) is 28.8 Å². The van der Waals surface area contributed by atoms with E-state index in [1.165, 1.54) is 0 Å². The number of aryl methyl sites for hydroxylation is 2. The van der Waals surface area contributed by atoms with Gasteiger partial charge in [0.1, 0.15) is 18.0 Å². The summed E-state index contributed by atoms with van der Waals surface area (Å²) in [4.78, 5) is 27.5. The molecule has 1 aliphatic heterocycles. The van der Waals surface area contributed by atoms with Gasteiger partial charge in [-0.1, -0.05) is 0 Å². The topological polar surface area (TPSA) is 109 Å². The van der Waals surface area contributed by atoms with E-state index in [4.69, 9.17) is 4.74 Å². The van der Waals surface area contributed by atoms with E-state index in [2.05, 4.69) is 30.5 Å². The number of nitrogens with zero attached hydrogens (tertiary/aromatic N) is 5. The Morgan fingerprint density at radius 3 is 2.96 bits per heavy atom. The number of ether oxygens (including phenoxy) is 1. The molecule has 140 valence electrons. The van der Waals surface area contributed by atoms with Crippen molar-refractivity contribution in [2.45, 2.75) is 32.6 Å². The highest BCUT2D eigenvalue weighted by molar-refractivity contribution is 5.76. The molecule has 0 fully saturated rings. The van der Waals surface area contributed by atoms with E-state index < -0.39 is 0 Å². The van der Waals surface area contributed by atoms with Crippen LogP contribution in [0.25, 0.3) is 0 Å². The van der Waals surface area contributed by atoms with Gasteiger partial charge in [0.05, 0.1) is 12.3 Å². The predicted octanol–water partition coefficient (Wildman–Crippen LogP) is 0.521. The molecule has 1 aliphatic rings. The third-order valence-electron chi connectivity index (χ3n) is 4.44. The Bertz CT molecular complexity index is 746. The Hall–Kier alpha value is -2.55. The molecule has 9 heteroatoms. The summed E-state index contributed by atoms with van der Waals surface area (Å²) >= 11 is 0. The molecular formula is C17H25N7O2. The third kappa shape index (κ3) is 4.54. The van der Waals surface area contributed by atoms with Crippen LogP contribution in [-0.4, -0.2) is 69.3 Å². The maximum Gasteiger partial charge on any atom is 0.223 e. The van der Waals surface area contributed by atoms with Gasteiger partial charge in [-0.2, -0.15) is 5.10 Å². The van der Waals surface area contributed by atoms with Crippen molar-refractivity contribution in [3.05, 3.63) is 29.2 Å². The van der Waals surface area contributed by atoms with Crippen LogP contribution in [0.1, 0.15) is 29.3 Å². The normalized spacial score (nSPS) is 14.0. The summed E-state index contributed by atoms with van der Waals surface area (Å²) in [6, 6.07) is 0. The smallest absolute Gasteiger partial charge is 0.223 e. The van der Waals surface area contributed by atoms with Crippen LogP contribution in [0.15, 0.2) is 6.33 Å². The lowest BCUT2D eigenvalue weighted by molar-refractivity contribution is -0.131. The number of aromatic amines is 1. The van der Waals surface area contributed by atoms with Gasteiger partial charge in [-0.05, 0) is 13.3 Å². The highest BCUT2D eigenvalue weighted by Gasteiger charge is 2.21. The van der Waals surface area contributed by atoms with Gasteiger partial charge < -0.3 is 15.0 Å². The van der Waals surface area contributed by atoms with E-state index in [1.54, 1.807) is 13.4 Å². The molecule has 0 aliphatic carbocycles. The summed E-state index contributed by atoms with van der Waals surface area (Å²) in [6.45, 7) is 4.50. The molecule has 0 atom stereocenters. The van der Waals surface area contributed by atoms with Crippen LogP contribution in [0.5, 0.6) is 0 Å². The lowest BCUT2D eigenvalue weighted by atomic mass is 10.1. The zero-order valence-electron chi connectivity index (χ0n) is 15.3. The molecule has 0 saturated heterocycles. The maximum atomic E-state index is 12.6. The molecule has 3 rings (SSSR count). The van der Waals surface area contributed by atoms with Gasteiger partial charge in [-0.25, -0.2) is 15.0 Å². The lowest BCUT2D eigenvalue weighted by Gasteiger charge is -2.19. The predicted molar refractivity (Wildman–Crippen MR) is 95.8 cm³/mol. The average molecular weight is 359 g/mol. The number of H-pyrrole nitrogens is 1. The van der Waals surface area contributed by atoms with Crippen LogP contribution in [0.3, 0.4) is 0 Å². The third-order valence-corrected chi connectivity index (χ3v) is 4.44. The number of nitrogens with one attached hydrogen (secondary N) is 2. The zero-order valence-corrected chi connectivity index (χ0v) is 15.3. The Morgan fingerprint density at radius 2 is 2.19 bits per heavy atom. The number of carbonyl (C=O) groups is 1. The van der Waals surface area contributed by atoms with Crippen molar-refractivity contribution in [1.29, 1.82) is 0 Å². The number of hydrogen-bond donors (Lipinski definition) is 2. The average Bonchev–Trinajstić information content (AvgIpc) is 2.93. The van der Waals surface area contributed by atoms with E-state index >= 15 is 0 Å². The Balaban J connectivity index is 1.58. The number of anilines is 1. The second kappa shape index (κ2) is 8.70. The Labute approximate surface area is 152 Å². The molecule has 9 nitrogen and oxygen atoms in total. The quantitative estimate of drug-likeness (QED) is 0.694. The van der Waals surface area contributed by atoms with Crippen LogP contribution in [0.2, 0.25) is 0 Å². The second-order valence-electron chi connectivity index (χ2n) is 6.28. The first-order chi connectivity index (χ1) is 12.7. The van der Waals surface area contributed by atoms with Crippen molar-refractivity contribution in [2.24, 2.45) is 0 Å². The fourth-order valence-corrected chi connectivity index (χ4v) is 3.08. The summed E-state index contributed by atoms with van der Waals surface area (Å²) in [5, 5.41) is 10.2. The highest BCUT2D eigenvalue weighted by Crippen LogP contribution is 2.20. The Morgan fingerprint density at radius 1 is 1.35 bits per heavy atom. The van der Waals surface area contributed by atoms with Crippen LogP contribution in [0.4, 0.5) is 5.82 Å². The molecule has 0 unspecified atom stereocenters.